The van der Waals surface area contributed by atoms with Crippen molar-refractivity contribution in [3.63, 3.8) is 0 Å². The number of alkyl halides is 5. The summed E-state index contributed by atoms with van der Waals surface area (Å²) in [7, 11) is 0. The lowest BCUT2D eigenvalue weighted by Crippen LogP contribution is -2.20. The third kappa shape index (κ3) is 4.47. The zero-order chi connectivity index (χ0) is 26.7. The summed E-state index contributed by atoms with van der Waals surface area (Å²) >= 11 is 0.710. The van der Waals surface area contributed by atoms with Gasteiger partial charge in [-0.15, -0.1) is 11.3 Å². The fourth-order valence-corrected chi connectivity index (χ4v) is 4.63. The van der Waals surface area contributed by atoms with Gasteiger partial charge in [-0.05, 0) is 24.6 Å². The first kappa shape index (κ1) is 25.4. The standard InChI is InChI=1S/C22H19F5N6O2S/c1-8-5-9(17(23)24)29-20-14(8)15(16(36-20)18(28)34)31-19(35)10-6-13-30-11(21(2,3)4)7-12(22(25,26)27)33(13)32-10/h5-7,17H,1-4H3,(H2,28,34)(H,31,35). The molecule has 0 saturated heterocycles. The Bertz CT molecular complexity index is 1530. The number of hydrogen-bond donors (Lipinski definition) is 2. The molecule has 0 aliphatic carbocycles. The number of halogens is 5. The van der Waals surface area contributed by atoms with Crippen molar-refractivity contribution >= 4 is 44.7 Å². The van der Waals surface area contributed by atoms with E-state index in [1.54, 1.807) is 20.8 Å². The Labute approximate surface area is 204 Å². The molecule has 4 aromatic rings. The first-order valence-corrected chi connectivity index (χ1v) is 11.2. The number of primary amides is 1. The van der Waals surface area contributed by atoms with Gasteiger partial charge in [0, 0.05) is 16.9 Å². The van der Waals surface area contributed by atoms with Crippen LogP contribution in [0.1, 0.15) is 70.0 Å². The van der Waals surface area contributed by atoms with E-state index in [2.05, 4.69) is 20.4 Å². The minimum Gasteiger partial charge on any atom is -0.365 e. The normalized spacial score (nSPS) is 12.6. The summed E-state index contributed by atoms with van der Waals surface area (Å²) < 4.78 is 68.1. The number of pyridine rings is 1. The smallest absolute Gasteiger partial charge is 0.365 e. The van der Waals surface area contributed by atoms with Gasteiger partial charge in [0.1, 0.15) is 21.1 Å². The van der Waals surface area contributed by atoms with Gasteiger partial charge in [-0.1, -0.05) is 20.8 Å². The van der Waals surface area contributed by atoms with Gasteiger partial charge in [0.15, 0.2) is 11.3 Å². The Morgan fingerprint density at radius 3 is 2.33 bits per heavy atom. The molecule has 8 nitrogen and oxygen atoms in total. The Morgan fingerprint density at radius 1 is 1.11 bits per heavy atom. The monoisotopic (exact) mass is 526 g/mol. The lowest BCUT2D eigenvalue weighted by Gasteiger charge is -2.19. The Morgan fingerprint density at radius 2 is 1.78 bits per heavy atom. The predicted molar refractivity (Wildman–Crippen MR) is 122 cm³/mol. The fourth-order valence-electron chi connectivity index (χ4n) is 3.56. The van der Waals surface area contributed by atoms with E-state index in [1.165, 1.54) is 6.92 Å². The molecule has 0 aliphatic rings. The van der Waals surface area contributed by atoms with Crippen molar-refractivity contribution in [3.8, 4) is 0 Å². The lowest BCUT2D eigenvalue weighted by molar-refractivity contribution is -0.142. The van der Waals surface area contributed by atoms with Crippen molar-refractivity contribution in [2.24, 2.45) is 5.73 Å². The zero-order valence-corrected chi connectivity index (χ0v) is 20.1. The maximum Gasteiger partial charge on any atom is 0.433 e. The largest absolute Gasteiger partial charge is 0.433 e. The third-order valence-electron chi connectivity index (χ3n) is 5.28. The Kier molecular flexibility index (Phi) is 5.98. The van der Waals surface area contributed by atoms with E-state index < -0.39 is 46.9 Å². The first-order chi connectivity index (χ1) is 16.6. The molecule has 0 fully saturated rings. The highest BCUT2D eigenvalue weighted by molar-refractivity contribution is 7.21. The van der Waals surface area contributed by atoms with Gasteiger partial charge in [-0.3, -0.25) is 9.59 Å². The molecule has 14 heteroatoms. The van der Waals surface area contributed by atoms with Gasteiger partial charge in [-0.2, -0.15) is 18.3 Å². The molecular formula is C22H19F5N6O2S. The second-order valence-corrected chi connectivity index (χ2v) is 10.0. The first-order valence-electron chi connectivity index (χ1n) is 10.4. The number of carbonyl (C=O) groups excluding carboxylic acids is 2. The van der Waals surface area contributed by atoms with Crippen LogP contribution in [0.15, 0.2) is 18.2 Å². The zero-order valence-electron chi connectivity index (χ0n) is 19.3. The molecule has 0 radical (unpaired) electrons. The SMILES string of the molecule is Cc1cc(C(F)F)nc2sc(C(N)=O)c(NC(=O)c3cc4nc(C(C)(C)C)cc(C(F)(F)F)n4n3)c12. The summed E-state index contributed by atoms with van der Waals surface area (Å²) in [6.07, 6.45) is -7.65. The number of nitrogens with one attached hydrogen (secondary N) is 1. The maximum absolute atomic E-state index is 13.8. The maximum atomic E-state index is 13.8. The average molecular weight is 526 g/mol. The number of fused-ring (bicyclic) bond motifs is 2. The number of nitrogens with zero attached hydrogens (tertiary/aromatic N) is 4. The number of hydrogen-bond acceptors (Lipinski definition) is 6. The van der Waals surface area contributed by atoms with Gasteiger partial charge in [0.05, 0.1) is 11.4 Å². The van der Waals surface area contributed by atoms with Crippen molar-refractivity contribution in [2.75, 3.05) is 5.32 Å². The van der Waals surface area contributed by atoms with E-state index in [0.717, 1.165) is 18.2 Å². The van der Waals surface area contributed by atoms with Crippen LogP contribution in [0.3, 0.4) is 0 Å². The molecule has 0 atom stereocenters. The number of aryl methyl sites for hydroxylation is 1. The highest BCUT2D eigenvalue weighted by atomic mass is 32.1. The molecular weight excluding hydrogens is 507 g/mol. The van der Waals surface area contributed by atoms with E-state index in [-0.39, 0.29) is 32.1 Å². The van der Waals surface area contributed by atoms with Crippen molar-refractivity contribution in [1.82, 2.24) is 19.6 Å². The van der Waals surface area contributed by atoms with Gasteiger partial charge in [-0.25, -0.2) is 23.3 Å². The minimum atomic E-state index is -4.78. The Balaban J connectivity index is 1.84. The highest BCUT2D eigenvalue weighted by Crippen LogP contribution is 2.39. The molecule has 3 N–H and O–H groups in total. The second kappa shape index (κ2) is 8.47. The predicted octanol–water partition coefficient (Wildman–Crippen LogP) is 5.25. The molecule has 0 spiro atoms. The quantitative estimate of drug-likeness (QED) is 0.353. The van der Waals surface area contributed by atoms with Gasteiger partial charge < -0.3 is 11.1 Å². The minimum absolute atomic E-state index is 0.0419. The summed E-state index contributed by atoms with van der Waals surface area (Å²) in [4.78, 5) is 33.0. The Hall–Kier alpha value is -3.68. The van der Waals surface area contributed by atoms with Crippen LogP contribution >= 0.6 is 11.3 Å². The highest BCUT2D eigenvalue weighted by Gasteiger charge is 2.37. The van der Waals surface area contributed by atoms with Crippen molar-refractivity contribution in [3.05, 3.63) is 51.4 Å². The van der Waals surface area contributed by atoms with Gasteiger partial charge >= 0.3 is 6.18 Å². The number of nitrogens with two attached hydrogens (primary N) is 1. The van der Waals surface area contributed by atoms with Crippen LogP contribution in [0.5, 0.6) is 0 Å². The van der Waals surface area contributed by atoms with Crippen LogP contribution in [0, 0.1) is 6.92 Å². The van der Waals surface area contributed by atoms with Crippen molar-refractivity contribution in [2.45, 2.75) is 45.7 Å². The van der Waals surface area contributed by atoms with Crippen molar-refractivity contribution in [1.29, 1.82) is 0 Å². The van der Waals surface area contributed by atoms with Crippen LogP contribution in [-0.2, 0) is 11.6 Å². The molecule has 0 saturated carbocycles. The van der Waals surface area contributed by atoms with Crippen LogP contribution < -0.4 is 11.1 Å². The molecule has 0 aromatic carbocycles. The molecule has 4 aromatic heterocycles. The van der Waals surface area contributed by atoms with E-state index >= 15 is 0 Å². The summed E-state index contributed by atoms with van der Waals surface area (Å²) in [5, 5.41) is 6.44. The van der Waals surface area contributed by atoms with E-state index in [9.17, 15) is 31.5 Å². The third-order valence-corrected chi connectivity index (χ3v) is 6.38. The van der Waals surface area contributed by atoms with Crippen LogP contribution in [-0.4, -0.2) is 31.4 Å². The molecule has 4 heterocycles. The molecule has 4 rings (SSSR count). The number of anilines is 1. The number of thiophene rings is 1. The summed E-state index contributed by atoms with van der Waals surface area (Å²) in [5.74, 6) is -1.90. The second-order valence-electron chi connectivity index (χ2n) is 9.04. The van der Waals surface area contributed by atoms with Crippen LogP contribution in [0.4, 0.5) is 27.6 Å². The molecule has 190 valence electrons. The van der Waals surface area contributed by atoms with Crippen LogP contribution in [0.25, 0.3) is 15.9 Å². The topological polar surface area (TPSA) is 115 Å². The molecule has 36 heavy (non-hydrogen) atoms. The number of rotatable bonds is 4. The van der Waals surface area contributed by atoms with E-state index in [4.69, 9.17) is 5.73 Å². The van der Waals surface area contributed by atoms with E-state index in [1.807, 2.05) is 0 Å². The number of amides is 2. The van der Waals surface area contributed by atoms with Gasteiger partial charge in [0.25, 0.3) is 18.2 Å². The fraction of sp³-hybridized carbons (Fsp3) is 0.318. The van der Waals surface area contributed by atoms with Gasteiger partial charge in [0.2, 0.25) is 0 Å². The average Bonchev–Trinajstić information content (AvgIpc) is 3.33. The molecule has 0 aliphatic heterocycles. The number of carbonyl (C=O) groups is 2. The van der Waals surface area contributed by atoms with Crippen molar-refractivity contribution < 1.29 is 31.5 Å². The molecule has 0 unspecified atom stereocenters. The summed E-state index contributed by atoms with van der Waals surface area (Å²) in [6.45, 7) is 6.57. The summed E-state index contributed by atoms with van der Waals surface area (Å²) in [6, 6.07) is 3.06. The molecule has 0 bridgehead atoms. The van der Waals surface area contributed by atoms with E-state index in [0.29, 0.717) is 21.4 Å². The molecule has 2 amide bonds. The van der Waals surface area contributed by atoms with Crippen LogP contribution in [0.2, 0.25) is 0 Å². The lowest BCUT2D eigenvalue weighted by atomic mass is 9.91. The number of aromatic nitrogens is 4. The summed E-state index contributed by atoms with van der Waals surface area (Å²) in [5.41, 5.74) is 2.79.